The molecule has 0 amide bonds. The highest BCUT2D eigenvalue weighted by molar-refractivity contribution is 5.87. The summed E-state index contributed by atoms with van der Waals surface area (Å²) in [7, 11) is 2.09. The van der Waals surface area contributed by atoms with Crippen LogP contribution in [0.2, 0.25) is 0 Å². The number of ether oxygens (including phenoxy) is 1. The van der Waals surface area contributed by atoms with E-state index in [-0.39, 0.29) is 16.5 Å². The summed E-state index contributed by atoms with van der Waals surface area (Å²) in [6.07, 6.45) is -3.35. The molecule has 2 aromatic carbocycles. The molecule has 0 spiro atoms. The molecule has 1 aliphatic heterocycles. The first-order valence-electron chi connectivity index (χ1n) is 10.6. The summed E-state index contributed by atoms with van der Waals surface area (Å²) in [5.74, 6) is 0. The fourth-order valence-corrected chi connectivity index (χ4v) is 4.45. The van der Waals surface area contributed by atoms with E-state index in [4.69, 9.17) is 4.74 Å². The molecule has 3 aromatic rings. The van der Waals surface area contributed by atoms with Crippen LogP contribution in [0, 0.1) is 11.3 Å². The van der Waals surface area contributed by atoms with Crippen molar-refractivity contribution in [3.8, 4) is 6.07 Å². The molecule has 8 heteroatoms. The van der Waals surface area contributed by atoms with Crippen LogP contribution in [-0.2, 0) is 16.3 Å². The Morgan fingerprint density at radius 3 is 2.53 bits per heavy atom. The van der Waals surface area contributed by atoms with Gasteiger partial charge >= 0.3 is 6.18 Å². The number of hydrogen-bond acceptors (Lipinski definition) is 4. The number of H-pyrrole nitrogens is 1. The summed E-state index contributed by atoms with van der Waals surface area (Å²) in [5, 5.41) is 16.0. The lowest BCUT2D eigenvalue weighted by Gasteiger charge is -2.41. The molecule has 1 atom stereocenters. The van der Waals surface area contributed by atoms with Crippen LogP contribution < -0.4 is 0 Å². The molecule has 0 aliphatic carbocycles. The number of alkyl halides is 3. The molecule has 1 aromatic heterocycles. The van der Waals surface area contributed by atoms with Gasteiger partial charge in [0.1, 0.15) is 6.07 Å². The summed E-state index contributed by atoms with van der Waals surface area (Å²) in [6, 6.07) is 14.1. The maximum Gasteiger partial charge on any atom is 0.416 e. The Balaban J connectivity index is 1.67. The number of fused-ring (bicyclic) bond motifs is 1. The molecule has 1 unspecified atom stereocenters. The van der Waals surface area contributed by atoms with Crippen LogP contribution in [0.4, 0.5) is 13.2 Å². The van der Waals surface area contributed by atoms with E-state index in [9.17, 15) is 18.4 Å². The SMILES string of the molecule is CC(OCC1(c2ccccc2)CCN(C)CC1)c1cc(C(F)(F)F)cc2c(C#N)n[nH]c12. The second-order valence-corrected chi connectivity index (χ2v) is 8.57. The summed E-state index contributed by atoms with van der Waals surface area (Å²) in [4.78, 5) is 2.27. The molecule has 2 heterocycles. The first kappa shape index (κ1) is 22.3. The molecule has 1 saturated heterocycles. The molecule has 1 N–H and O–H groups in total. The van der Waals surface area contributed by atoms with E-state index in [1.165, 1.54) is 5.56 Å². The van der Waals surface area contributed by atoms with Crippen LogP contribution in [0.15, 0.2) is 42.5 Å². The van der Waals surface area contributed by atoms with Gasteiger partial charge in [-0.25, -0.2) is 0 Å². The van der Waals surface area contributed by atoms with Gasteiger partial charge in [-0.3, -0.25) is 5.10 Å². The lowest BCUT2D eigenvalue weighted by Crippen LogP contribution is -2.44. The lowest BCUT2D eigenvalue weighted by atomic mass is 9.73. The van der Waals surface area contributed by atoms with Gasteiger partial charge in [0.05, 0.1) is 23.8 Å². The molecule has 4 rings (SSSR count). The Morgan fingerprint density at radius 2 is 1.91 bits per heavy atom. The van der Waals surface area contributed by atoms with Crippen molar-refractivity contribution in [3.63, 3.8) is 0 Å². The summed E-state index contributed by atoms with van der Waals surface area (Å²) in [5.41, 5.74) is 0.859. The minimum absolute atomic E-state index is 0.0596. The van der Waals surface area contributed by atoms with Crippen molar-refractivity contribution in [2.24, 2.45) is 0 Å². The normalized spacial score (nSPS) is 17.9. The Labute approximate surface area is 184 Å². The van der Waals surface area contributed by atoms with Crippen molar-refractivity contribution in [1.82, 2.24) is 15.1 Å². The maximum atomic E-state index is 13.5. The van der Waals surface area contributed by atoms with Crippen LogP contribution in [-0.4, -0.2) is 41.8 Å². The van der Waals surface area contributed by atoms with Crippen molar-refractivity contribution in [2.45, 2.75) is 37.5 Å². The Hall–Kier alpha value is -2.89. The van der Waals surface area contributed by atoms with E-state index in [2.05, 4.69) is 34.3 Å². The van der Waals surface area contributed by atoms with Gasteiger partial charge in [-0.15, -0.1) is 0 Å². The second-order valence-electron chi connectivity index (χ2n) is 8.57. The van der Waals surface area contributed by atoms with Crippen molar-refractivity contribution >= 4 is 10.9 Å². The number of likely N-dealkylation sites (tertiary alicyclic amines) is 1. The van der Waals surface area contributed by atoms with Gasteiger partial charge in [0, 0.05) is 16.4 Å². The zero-order chi connectivity index (χ0) is 22.9. The van der Waals surface area contributed by atoms with Gasteiger partial charge in [0.25, 0.3) is 0 Å². The zero-order valence-corrected chi connectivity index (χ0v) is 18.0. The third-order valence-electron chi connectivity index (χ3n) is 6.51. The van der Waals surface area contributed by atoms with Crippen LogP contribution >= 0.6 is 0 Å². The minimum Gasteiger partial charge on any atom is -0.373 e. The first-order valence-corrected chi connectivity index (χ1v) is 10.6. The van der Waals surface area contributed by atoms with E-state index >= 15 is 0 Å². The van der Waals surface area contributed by atoms with Gasteiger partial charge in [0.15, 0.2) is 5.69 Å². The monoisotopic (exact) mass is 442 g/mol. The number of rotatable bonds is 5. The van der Waals surface area contributed by atoms with Crippen molar-refractivity contribution < 1.29 is 17.9 Å². The van der Waals surface area contributed by atoms with Gasteiger partial charge in [-0.05, 0) is 57.6 Å². The summed E-state index contributed by atoms with van der Waals surface area (Å²) >= 11 is 0. The Kier molecular flexibility index (Phi) is 5.97. The molecule has 5 nitrogen and oxygen atoms in total. The van der Waals surface area contributed by atoms with Gasteiger partial charge in [-0.2, -0.15) is 23.5 Å². The summed E-state index contributed by atoms with van der Waals surface area (Å²) in [6.45, 7) is 3.98. The fraction of sp³-hybridized carbons (Fsp3) is 0.417. The number of piperidine rings is 1. The smallest absolute Gasteiger partial charge is 0.373 e. The van der Waals surface area contributed by atoms with E-state index in [1.807, 2.05) is 24.3 Å². The topological polar surface area (TPSA) is 64.9 Å². The number of hydrogen-bond donors (Lipinski definition) is 1. The maximum absolute atomic E-state index is 13.5. The molecule has 32 heavy (non-hydrogen) atoms. The third-order valence-corrected chi connectivity index (χ3v) is 6.51. The number of aromatic amines is 1. The van der Waals surface area contributed by atoms with E-state index in [1.54, 1.807) is 6.92 Å². The van der Waals surface area contributed by atoms with Crippen LogP contribution in [0.1, 0.15) is 48.3 Å². The molecule has 0 radical (unpaired) electrons. The van der Waals surface area contributed by atoms with E-state index < -0.39 is 17.8 Å². The van der Waals surface area contributed by atoms with Crippen molar-refractivity contribution in [3.05, 3.63) is 64.8 Å². The average molecular weight is 442 g/mol. The van der Waals surface area contributed by atoms with Gasteiger partial charge in [0.2, 0.25) is 0 Å². The number of nitriles is 1. The van der Waals surface area contributed by atoms with E-state index in [0.29, 0.717) is 17.7 Å². The molecule has 1 aliphatic rings. The van der Waals surface area contributed by atoms with Crippen molar-refractivity contribution in [2.75, 3.05) is 26.7 Å². The number of nitrogens with zero attached hydrogens (tertiary/aromatic N) is 3. The van der Waals surface area contributed by atoms with E-state index in [0.717, 1.165) is 38.1 Å². The number of nitrogens with one attached hydrogen (secondary N) is 1. The largest absolute Gasteiger partial charge is 0.416 e. The molecule has 1 fully saturated rings. The number of aromatic nitrogens is 2. The first-order chi connectivity index (χ1) is 15.2. The van der Waals surface area contributed by atoms with Crippen LogP contribution in [0.3, 0.4) is 0 Å². The highest BCUT2D eigenvalue weighted by atomic mass is 19.4. The highest BCUT2D eigenvalue weighted by Crippen LogP contribution is 2.39. The predicted molar refractivity (Wildman–Crippen MR) is 115 cm³/mol. The van der Waals surface area contributed by atoms with Gasteiger partial charge in [-0.1, -0.05) is 30.3 Å². The fourth-order valence-electron chi connectivity index (χ4n) is 4.45. The van der Waals surface area contributed by atoms with Crippen LogP contribution in [0.25, 0.3) is 10.9 Å². The lowest BCUT2D eigenvalue weighted by molar-refractivity contribution is -0.137. The molecular weight excluding hydrogens is 417 g/mol. The Bertz CT molecular complexity index is 1130. The number of halogens is 3. The quantitative estimate of drug-likeness (QED) is 0.590. The summed E-state index contributed by atoms with van der Waals surface area (Å²) < 4.78 is 46.9. The molecule has 0 bridgehead atoms. The van der Waals surface area contributed by atoms with Crippen molar-refractivity contribution in [1.29, 1.82) is 5.26 Å². The highest BCUT2D eigenvalue weighted by Gasteiger charge is 2.37. The van der Waals surface area contributed by atoms with Crippen LogP contribution in [0.5, 0.6) is 0 Å². The molecule has 168 valence electrons. The van der Waals surface area contributed by atoms with Gasteiger partial charge < -0.3 is 9.64 Å². The Morgan fingerprint density at radius 1 is 1.22 bits per heavy atom. The predicted octanol–water partition coefficient (Wildman–Crippen LogP) is 5.19. The average Bonchev–Trinajstić information content (AvgIpc) is 3.21. The second kappa shape index (κ2) is 8.57. The minimum atomic E-state index is -4.54. The third kappa shape index (κ3) is 4.23. The number of benzene rings is 2. The zero-order valence-electron chi connectivity index (χ0n) is 18.0. The molecule has 0 saturated carbocycles. The standard InChI is InChI=1S/C24H25F3N4O/c1-16(19-12-18(24(25,26)27)13-20-21(14-28)29-30-22(19)20)32-15-23(8-10-31(2)11-9-23)17-6-4-3-5-7-17/h3-7,12-13,16H,8-11,15H2,1-2H3,(H,29,30). The molecular formula is C24H25F3N4O.